The van der Waals surface area contributed by atoms with Crippen molar-refractivity contribution in [3.63, 3.8) is 0 Å². The minimum Gasteiger partial charge on any atom is -0.379 e. The van der Waals surface area contributed by atoms with E-state index in [9.17, 15) is 0 Å². The second kappa shape index (κ2) is 5.65. The molecule has 0 aromatic carbocycles. The maximum absolute atomic E-state index is 6.30. The van der Waals surface area contributed by atoms with E-state index in [0.717, 1.165) is 25.1 Å². The Bertz CT molecular complexity index is 342. The predicted molar refractivity (Wildman–Crippen MR) is 67.7 cm³/mol. The Hall–Kier alpha value is -0.870. The highest BCUT2D eigenvalue weighted by Gasteiger charge is 2.27. The lowest BCUT2D eigenvalue weighted by Crippen LogP contribution is -2.46. The van der Waals surface area contributed by atoms with Crippen molar-refractivity contribution >= 4 is 0 Å². The number of imidazole rings is 1. The van der Waals surface area contributed by atoms with Crippen LogP contribution in [0.25, 0.3) is 0 Å². The first kappa shape index (κ1) is 12.6. The molecule has 0 saturated heterocycles. The minimum absolute atomic E-state index is 0.0696. The fourth-order valence-corrected chi connectivity index (χ4v) is 2.48. The van der Waals surface area contributed by atoms with Gasteiger partial charge in [-0.2, -0.15) is 0 Å². The molecule has 0 amide bonds. The molecule has 0 unspecified atom stereocenters. The Labute approximate surface area is 103 Å². The highest BCUT2D eigenvalue weighted by atomic mass is 16.5. The third kappa shape index (κ3) is 3.54. The summed E-state index contributed by atoms with van der Waals surface area (Å²) in [5.41, 5.74) is 6.23. The standard InChI is InChI=1S/C13H23N3O/c1-16-9-8-15-12(16)5-10-17-11-13(14)6-3-2-4-7-13/h8-9H,2-7,10-11,14H2,1H3. The van der Waals surface area contributed by atoms with Gasteiger partial charge in [0.2, 0.25) is 0 Å². The molecule has 1 aliphatic rings. The average Bonchev–Trinajstić information content (AvgIpc) is 2.72. The molecule has 2 rings (SSSR count). The van der Waals surface area contributed by atoms with Crippen molar-refractivity contribution in [2.75, 3.05) is 13.2 Å². The number of rotatable bonds is 5. The molecule has 17 heavy (non-hydrogen) atoms. The Kier molecular flexibility index (Phi) is 4.18. The maximum Gasteiger partial charge on any atom is 0.110 e. The first-order chi connectivity index (χ1) is 8.20. The second-order valence-electron chi connectivity index (χ2n) is 5.18. The van der Waals surface area contributed by atoms with E-state index in [2.05, 4.69) is 4.98 Å². The van der Waals surface area contributed by atoms with Crippen molar-refractivity contribution in [3.8, 4) is 0 Å². The van der Waals surface area contributed by atoms with Gasteiger partial charge in [0.1, 0.15) is 5.82 Å². The lowest BCUT2D eigenvalue weighted by atomic mass is 9.83. The number of aromatic nitrogens is 2. The van der Waals surface area contributed by atoms with Gasteiger partial charge in [0.15, 0.2) is 0 Å². The molecule has 1 aromatic rings. The molecule has 4 heteroatoms. The van der Waals surface area contributed by atoms with Gasteiger partial charge >= 0.3 is 0 Å². The van der Waals surface area contributed by atoms with Crippen molar-refractivity contribution in [2.24, 2.45) is 12.8 Å². The van der Waals surface area contributed by atoms with E-state index in [1.165, 1.54) is 19.3 Å². The smallest absolute Gasteiger partial charge is 0.110 e. The van der Waals surface area contributed by atoms with Crippen LogP contribution in [0.1, 0.15) is 37.9 Å². The summed E-state index contributed by atoms with van der Waals surface area (Å²) in [5.74, 6) is 1.07. The largest absolute Gasteiger partial charge is 0.379 e. The molecule has 0 radical (unpaired) electrons. The van der Waals surface area contributed by atoms with E-state index < -0.39 is 0 Å². The predicted octanol–water partition coefficient (Wildman–Crippen LogP) is 1.64. The van der Waals surface area contributed by atoms with Crippen molar-refractivity contribution in [1.82, 2.24) is 9.55 Å². The van der Waals surface area contributed by atoms with Crippen LogP contribution in [0.4, 0.5) is 0 Å². The highest BCUT2D eigenvalue weighted by molar-refractivity contribution is 4.91. The molecule has 1 heterocycles. The lowest BCUT2D eigenvalue weighted by molar-refractivity contribution is 0.0689. The van der Waals surface area contributed by atoms with Gasteiger partial charge in [-0.15, -0.1) is 0 Å². The molecule has 0 bridgehead atoms. The summed E-state index contributed by atoms with van der Waals surface area (Å²) in [6.45, 7) is 1.40. The zero-order chi connectivity index (χ0) is 12.1. The average molecular weight is 237 g/mol. The van der Waals surface area contributed by atoms with Crippen LogP contribution in [0, 0.1) is 0 Å². The second-order valence-corrected chi connectivity index (χ2v) is 5.18. The van der Waals surface area contributed by atoms with Gasteiger partial charge in [0.25, 0.3) is 0 Å². The molecule has 0 atom stereocenters. The Balaban J connectivity index is 1.67. The van der Waals surface area contributed by atoms with E-state index in [-0.39, 0.29) is 5.54 Å². The van der Waals surface area contributed by atoms with E-state index in [1.54, 1.807) is 0 Å². The van der Waals surface area contributed by atoms with Crippen LogP contribution < -0.4 is 5.73 Å². The number of aryl methyl sites for hydroxylation is 1. The fraction of sp³-hybridized carbons (Fsp3) is 0.769. The number of ether oxygens (including phenoxy) is 1. The van der Waals surface area contributed by atoms with Gasteiger partial charge in [0.05, 0.1) is 13.2 Å². The van der Waals surface area contributed by atoms with Crippen LogP contribution in [0.5, 0.6) is 0 Å². The molecular formula is C13H23N3O. The van der Waals surface area contributed by atoms with E-state index in [4.69, 9.17) is 10.5 Å². The fourth-order valence-electron chi connectivity index (χ4n) is 2.48. The normalized spacial score (nSPS) is 19.4. The molecule has 1 aliphatic carbocycles. The molecule has 2 N–H and O–H groups in total. The lowest BCUT2D eigenvalue weighted by Gasteiger charge is -2.33. The SMILES string of the molecule is Cn1ccnc1CCOCC1(N)CCCCC1. The first-order valence-corrected chi connectivity index (χ1v) is 6.52. The molecule has 1 saturated carbocycles. The van der Waals surface area contributed by atoms with Gasteiger partial charge in [-0.25, -0.2) is 4.98 Å². The molecule has 1 aromatic heterocycles. The highest BCUT2D eigenvalue weighted by Crippen LogP contribution is 2.25. The van der Waals surface area contributed by atoms with Gasteiger partial charge in [-0.3, -0.25) is 0 Å². The van der Waals surface area contributed by atoms with Gasteiger partial charge in [0, 0.05) is 31.4 Å². The third-order valence-corrected chi connectivity index (χ3v) is 3.63. The zero-order valence-electron chi connectivity index (χ0n) is 10.7. The van der Waals surface area contributed by atoms with Gasteiger partial charge < -0.3 is 15.0 Å². The summed E-state index contributed by atoms with van der Waals surface area (Å²) < 4.78 is 7.76. The number of hydrogen-bond donors (Lipinski definition) is 1. The summed E-state index contributed by atoms with van der Waals surface area (Å²) in [7, 11) is 2.01. The minimum atomic E-state index is -0.0696. The van der Waals surface area contributed by atoms with E-state index in [0.29, 0.717) is 13.2 Å². The van der Waals surface area contributed by atoms with Crippen molar-refractivity contribution in [2.45, 2.75) is 44.1 Å². The summed E-state index contributed by atoms with van der Waals surface area (Å²) in [4.78, 5) is 4.27. The molecule has 1 fully saturated rings. The third-order valence-electron chi connectivity index (χ3n) is 3.63. The monoisotopic (exact) mass is 237 g/mol. The maximum atomic E-state index is 6.30. The van der Waals surface area contributed by atoms with Crippen molar-refractivity contribution in [3.05, 3.63) is 18.2 Å². The van der Waals surface area contributed by atoms with Crippen molar-refractivity contribution < 1.29 is 4.74 Å². The topological polar surface area (TPSA) is 53.1 Å². The van der Waals surface area contributed by atoms with Crippen molar-refractivity contribution in [1.29, 1.82) is 0 Å². The number of hydrogen-bond acceptors (Lipinski definition) is 3. The van der Waals surface area contributed by atoms with Gasteiger partial charge in [-0.1, -0.05) is 19.3 Å². The molecule has 96 valence electrons. The number of nitrogens with zero attached hydrogens (tertiary/aromatic N) is 2. The van der Waals surface area contributed by atoms with E-state index >= 15 is 0 Å². The van der Waals surface area contributed by atoms with Gasteiger partial charge in [-0.05, 0) is 12.8 Å². The van der Waals surface area contributed by atoms with Crippen LogP contribution in [0.15, 0.2) is 12.4 Å². The zero-order valence-corrected chi connectivity index (χ0v) is 10.7. The van der Waals surface area contributed by atoms with Crippen LogP contribution in [-0.2, 0) is 18.2 Å². The van der Waals surface area contributed by atoms with Crippen LogP contribution in [-0.4, -0.2) is 28.3 Å². The Morgan fingerprint density at radius 2 is 2.18 bits per heavy atom. The first-order valence-electron chi connectivity index (χ1n) is 6.52. The van der Waals surface area contributed by atoms with Crippen LogP contribution in [0.3, 0.4) is 0 Å². The molecular weight excluding hydrogens is 214 g/mol. The summed E-state index contributed by atoms with van der Waals surface area (Å²) >= 11 is 0. The van der Waals surface area contributed by atoms with Crippen LogP contribution in [0.2, 0.25) is 0 Å². The quantitative estimate of drug-likeness (QED) is 0.792. The molecule has 0 spiro atoms. The summed E-state index contributed by atoms with van der Waals surface area (Å²) in [6, 6.07) is 0. The number of nitrogens with two attached hydrogens (primary N) is 1. The summed E-state index contributed by atoms with van der Waals surface area (Å²) in [5, 5.41) is 0. The van der Waals surface area contributed by atoms with Crippen LogP contribution >= 0.6 is 0 Å². The molecule has 4 nitrogen and oxygen atoms in total. The Morgan fingerprint density at radius 3 is 2.82 bits per heavy atom. The van der Waals surface area contributed by atoms with E-state index in [1.807, 2.05) is 24.0 Å². The summed E-state index contributed by atoms with van der Waals surface area (Å²) in [6.07, 6.45) is 10.7. The molecule has 0 aliphatic heterocycles. The Morgan fingerprint density at radius 1 is 1.41 bits per heavy atom.